The number of rotatable bonds is 15. The van der Waals surface area contributed by atoms with Crippen LogP contribution < -0.4 is 5.32 Å². The van der Waals surface area contributed by atoms with Crippen molar-refractivity contribution in [3.63, 3.8) is 0 Å². The molecule has 0 unspecified atom stereocenters. The van der Waals surface area contributed by atoms with Crippen LogP contribution in [-0.4, -0.2) is 49.8 Å². The predicted molar refractivity (Wildman–Crippen MR) is 153 cm³/mol. The molecule has 5 atom stereocenters. The molecule has 0 spiro atoms. The van der Waals surface area contributed by atoms with Crippen molar-refractivity contribution in [1.29, 1.82) is 0 Å². The summed E-state index contributed by atoms with van der Waals surface area (Å²) in [5, 5.41) is 3.04. The number of carbonyl (C=O) groups excluding carboxylic acids is 1. The third-order valence-corrected chi connectivity index (χ3v) is 6.76. The molecule has 1 fully saturated rings. The van der Waals surface area contributed by atoms with Gasteiger partial charge in [-0.05, 0) is 23.1 Å². The molecule has 40 heavy (non-hydrogen) atoms. The maximum absolute atomic E-state index is 12.4. The van der Waals surface area contributed by atoms with Crippen LogP contribution in [0.2, 0.25) is 0 Å². The summed E-state index contributed by atoms with van der Waals surface area (Å²) in [5.41, 5.74) is 3.13. The second-order valence-electron chi connectivity index (χ2n) is 10.0. The Morgan fingerprint density at radius 2 is 1.27 bits per heavy atom. The Bertz CT molecular complexity index is 1110. The molecular weight excluding hydrogens is 506 g/mol. The number of unbranched alkanes of at least 4 members (excludes halogenated alkanes) is 1. The molecule has 4 rings (SSSR count). The van der Waals surface area contributed by atoms with Gasteiger partial charge in [-0.25, -0.2) is 0 Å². The van der Waals surface area contributed by atoms with Gasteiger partial charge in [-0.2, -0.15) is 0 Å². The molecule has 0 aromatic heterocycles. The summed E-state index contributed by atoms with van der Waals surface area (Å²) in [6, 6.07) is 29.4. The monoisotopic (exact) mass is 547 g/mol. The summed E-state index contributed by atoms with van der Waals surface area (Å²) in [5.74, 6) is -0.188. The molecule has 1 aliphatic heterocycles. The Morgan fingerprint density at radius 1 is 0.750 bits per heavy atom. The molecule has 7 heteroatoms. The highest BCUT2D eigenvalue weighted by Gasteiger charge is 2.48. The summed E-state index contributed by atoms with van der Waals surface area (Å²) >= 11 is 0. The highest BCUT2D eigenvalue weighted by Crippen LogP contribution is 2.29. The summed E-state index contributed by atoms with van der Waals surface area (Å²) in [7, 11) is 0. The molecule has 1 amide bonds. The zero-order chi connectivity index (χ0) is 28.0. The van der Waals surface area contributed by atoms with E-state index in [-0.39, 0.29) is 12.5 Å². The first-order chi connectivity index (χ1) is 19.6. The lowest BCUT2D eigenvalue weighted by Gasteiger charge is -2.46. The average Bonchev–Trinajstić information content (AvgIpc) is 2.98. The molecule has 1 heterocycles. The minimum atomic E-state index is -0.710. The lowest BCUT2D eigenvalue weighted by molar-refractivity contribution is -0.290. The van der Waals surface area contributed by atoms with Crippen LogP contribution in [0, 0.1) is 0 Å². The first kappa shape index (κ1) is 29.9. The van der Waals surface area contributed by atoms with Crippen molar-refractivity contribution < 1.29 is 28.5 Å². The fourth-order valence-electron chi connectivity index (χ4n) is 4.71. The smallest absolute Gasteiger partial charge is 0.217 e. The standard InChI is InChI=1S/C33H41NO6/c1-3-4-20-37-33-30(34-25(2)35)32(39-23-28-18-12-7-13-19-28)31(38-22-27-16-10-6-11-17-27)29(40-33)24-36-21-26-14-8-5-9-15-26/h5-19,29-33H,3-4,20-24H2,1-2H3,(H,34,35)/t29-,30-,31-,32-,33-/m1/s1. The third-order valence-electron chi connectivity index (χ3n) is 6.76. The van der Waals surface area contributed by atoms with Gasteiger partial charge in [-0.3, -0.25) is 4.79 Å². The van der Waals surface area contributed by atoms with Crippen LogP contribution in [0.1, 0.15) is 43.4 Å². The largest absolute Gasteiger partial charge is 0.374 e. The van der Waals surface area contributed by atoms with Gasteiger partial charge in [0, 0.05) is 13.5 Å². The number of ether oxygens (including phenoxy) is 5. The van der Waals surface area contributed by atoms with Crippen LogP contribution in [0.4, 0.5) is 0 Å². The summed E-state index contributed by atoms with van der Waals surface area (Å²) in [6.07, 6.45) is -0.396. The van der Waals surface area contributed by atoms with Crippen molar-refractivity contribution >= 4 is 5.91 Å². The molecular formula is C33H41NO6. The Balaban J connectivity index is 1.59. The Hall–Kier alpha value is -3.07. The second-order valence-corrected chi connectivity index (χ2v) is 10.0. The van der Waals surface area contributed by atoms with E-state index in [1.54, 1.807) is 0 Å². The number of amides is 1. The quantitative estimate of drug-likeness (QED) is 0.256. The topological polar surface area (TPSA) is 75.2 Å². The lowest BCUT2D eigenvalue weighted by Crippen LogP contribution is -2.66. The number of carbonyl (C=O) groups is 1. The number of benzene rings is 3. The molecule has 7 nitrogen and oxygen atoms in total. The number of nitrogens with one attached hydrogen (secondary N) is 1. The average molecular weight is 548 g/mol. The van der Waals surface area contributed by atoms with E-state index in [9.17, 15) is 4.79 Å². The molecule has 3 aromatic rings. The maximum Gasteiger partial charge on any atom is 0.217 e. The van der Waals surface area contributed by atoms with Crippen molar-refractivity contribution in [2.75, 3.05) is 13.2 Å². The third kappa shape index (κ3) is 9.25. The predicted octanol–water partition coefficient (Wildman–Crippen LogP) is 5.42. The van der Waals surface area contributed by atoms with Crippen molar-refractivity contribution in [3.8, 4) is 0 Å². The normalized spacial score (nSPS) is 22.6. The van der Waals surface area contributed by atoms with E-state index in [1.807, 2.05) is 91.0 Å². The Labute approximate surface area is 237 Å². The highest BCUT2D eigenvalue weighted by atomic mass is 16.7. The van der Waals surface area contributed by atoms with Crippen LogP contribution in [0.15, 0.2) is 91.0 Å². The van der Waals surface area contributed by atoms with E-state index in [0.29, 0.717) is 26.4 Å². The van der Waals surface area contributed by atoms with Gasteiger partial charge >= 0.3 is 0 Å². The molecule has 0 bridgehead atoms. The van der Waals surface area contributed by atoms with Crippen molar-refractivity contribution in [1.82, 2.24) is 5.32 Å². The molecule has 3 aromatic carbocycles. The minimum absolute atomic E-state index is 0.188. The first-order valence-corrected chi connectivity index (χ1v) is 14.1. The van der Waals surface area contributed by atoms with Crippen molar-refractivity contribution in [3.05, 3.63) is 108 Å². The summed E-state index contributed by atoms with van der Waals surface area (Å²) < 4.78 is 31.9. The molecule has 1 saturated heterocycles. The van der Waals surface area contributed by atoms with Crippen LogP contribution >= 0.6 is 0 Å². The molecule has 214 valence electrons. The van der Waals surface area contributed by atoms with Gasteiger partial charge in [0.05, 0.1) is 26.4 Å². The van der Waals surface area contributed by atoms with Crippen LogP contribution in [-0.2, 0) is 48.3 Å². The lowest BCUT2D eigenvalue weighted by atomic mass is 9.95. The van der Waals surface area contributed by atoms with Gasteiger partial charge in [0.2, 0.25) is 5.91 Å². The van der Waals surface area contributed by atoms with E-state index in [0.717, 1.165) is 29.5 Å². The molecule has 1 aliphatic rings. The van der Waals surface area contributed by atoms with Crippen molar-refractivity contribution in [2.24, 2.45) is 0 Å². The van der Waals surface area contributed by atoms with E-state index in [4.69, 9.17) is 23.7 Å². The first-order valence-electron chi connectivity index (χ1n) is 14.1. The van der Waals surface area contributed by atoms with Gasteiger partial charge < -0.3 is 29.0 Å². The van der Waals surface area contributed by atoms with E-state index in [1.165, 1.54) is 6.92 Å². The fourth-order valence-corrected chi connectivity index (χ4v) is 4.71. The molecule has 0 radical (unpaired) electrons. The van der Waals surface area contributed by atoms with Gasteiger partial charge in [0.1, 0.15) is 24.4 Å². The Kier molecular flexibility index (Phi) is 12.2. The van der Waals surface area contributed by atoms with Crippen LogP contribution in [0.5, 0.6) is 0 Å². The van der Waals surface area contributed by atoms with Gasteiger partial charge in [-0.1, -0.05) is 104 Å². The zero-order valence-electron chi connectivity index (χ0n) is 23.4. The van der Waals surface area contributed by atoms with Crippen LogP contribution in [0.25, 0.3) is 0 Å². The molecule has 0 saturated carbocycles. The van der Waals surface area contributed by atoms with E-state index in [2.05, 4.69) is 12.2 Å². The molecule has 1 N–H and O–H groups in total. The SMILES string of the molecule is CCCCO[C@@H]1O[C@H](COCc2ccccc2)[C@@H](OCc2ccccc2)[C@H](OCc2ccccc2)[C@H]1NC(C)=O. The summed E-state index contributed by atoms with van der Waals surface area (Å²) in [4.78, 5) is 12.4. The van der Waals surface area contributed by atoms with Gasteiger partial charge in [-0.15, -0.1) is 0 Å². The Morgan fingerprint density at radius 3 is 1.80 bits per heavy atom. The second kappa shape index (κ2) is 16.3. The van der Waals surface area contributed by atoms with Crippen molar-refractivity contribution in [2.45, 2.75) is 77.2 Å². The van der Waals surface area contributed by atoms with Gasteiger partial charge in [0.15, 0.2) is 6.29 Å². The van der Waals surface area contributed by atoms with E-state index < -0.39 is 30.6 Å². The number of hydrogen-bond donors (Lipinski definition) is 1. The fraction of sp³-hybridized carbons (Fsp3) is 0.424. The highest BCUT2D eigenvalue weighted by molar-refractivity contribution is 5.73. The maximum atomic E-state index is 12.4. The minimum Gasteiger partial charge on any atom is -0.374 e. The van der Waals surface area contributed by atoms with E-state index >= 15 is 0 Å². The number of hydrogen-bond acceptors (Lipinski definition) is 6. The summed E-state index contributed by atoms with van der Waals surface area (Å²) in [6.45, 7) is 5.55. The molecule has 0 aliphatic carbocycles. The van der Waals surface area contributed by atoms with Crippen LogP contribution in [0.3, 0.4) is 0 Å². The van der Waals surface area contributed by atoms with Gasteiger partial charge in [0.25, 0.3) is 0 Å². The zero-order valence-corrected chi connectivity index (χ0v) is 23.4.